The van der Waals surface area contributed by atoms with Gasteiger partial charge in [0.2, 0.25) is 5.60 Å². The molecule has 1 N–H and O–H groups in total. The molecule has 0 aliphatic heterocycles. The Morgan fingerprint density at radius 3 is 2.48 bits per heavy atom. The van der Waals surface area contributed by atoms with Gasteiger partial charge in [0, 0.05) is 11.9 Å². The summed E-state index contributed by atoms with van der Waals surface area (Å²) in [5, 5.41) is 15.6. The zero-order chi connectivity index (χ0) is 24.1. The number of nitrogens with zero attached hydrogens (tertiary/aromatic N) is 3. The van der Waals surface area contributed by atoms with Crippen molar-refractivity contribution in [2.24, 2.45) is 0 Å². The highest BCUT2D eigenvalue weighted by molar-refractivity contribution is 5.81. The Morgan fingerprint density at radius 1 is 1.12 bits per heavy atom. The van der Waals surface area contributed by atoms with Crippen LogP contribution in [0.15, 0.2) is 85.7 Å². The summed E-state index contributed by atoms with van der Waals surface area (Å²) in [6.45, 7) is 4.88. The van der Waals surface area contributed by atoms with Crippen molar-refractivity contribution in [3.63, 3.8) is 0 Å². The van der Waals surface area contributed by atoms with Crippen LogP contribution in [0.3, 0.4) is 0 Å². The first-order valence-electron chi connectivity index (χ1n) is 10.4. The van der Waals surface area contributed by atoms with Gasteiger partial charge < -0.3 is 10.0 Å². The van der Waals surface area contributed by atoms with Crippen molar-refractivity contribution in [1.82, 2.24) is 14.7 Å². The first kappa shape index (κ1) is 24.3. The highest BCUT2D eigenvalue weighted by atomic mass is 19.4. The lowest BCUT2D eigenvalue weighted by Crippen LogP contribution is -2.50. The second-order valence-electron chi connectivity index (χ2n) is 7.57. The summed E-state index contributed by atoms with van der Waals surface area (Å²) in [6, 6.07) is 9.61. The molecular formula is C25H25F4N3O. The number of aliphatic hydroxyl groups is 1. The third kappa shape index (κ3) is 5.34. The molecule has 0 saturated carbocycles. The van der Waals surface area contributed by atoms with Gasteiger partial charge in [0.15, 0.2) is 0 Å². The Bertz CT molecular complexity index is 1150. The molecule has 1 unspecified atom stereocenters. The van der Waals surface area contributed by atoms with E-state index in [2.05, 4.69) is 11.7 Å². The number of aromatic nitrogens is 2. The van der Waals surface area contributed by atoms with E-state index in [4.69, 9.17) is 0 Å². The zero-order valence-corrected chi connectivity index (χ0v) is 18.1. The van der Waals surface area contributed by atoms with E-state index in [1.807, 2.05) is 0 Å². The van der Waals surface area contributed by atoms with Gasteiger partial charge >= 0.3 is 6.18 Å². The van der Waals surface area contributed by atoms with E-state index in [9.17, 15) is 22.7 Å². The molecule has 0 amide bonds. The Hall–Kier alpha value is -3.39. The van der Waals surface area contributed by atoms with E-state index in [0.29, 0.717) is 23.0 Å². The van der Waals surface area contributed by atoms with Crippen molar-refractivity contribution < 1.29 is 22.7 Å². The molecule has 0 radical (unpaired) electrons. The minimum absolute atomic E-state index is 0.202. The Morgan fingerprint density at radius 2 is 1.85 bits per heavy atom. The molecule has 0 fully saturated rings. The third-order valence-electron chi connectivity index (χ3n) is 5.21. The van der Waals surface area contributed by atoms with Gasteiger partial charge in [-0.05, 0) is 61.5 Å². The largest absolute Gasteiger partial charge is 0.423 e. The predicted molar refractivity (Wildman–Crippen MR) is 121 cm³/mol. The van der Waals surface area contributed by atoms with Crippen LogP contribution in [0.5, 0.6) is 0 Å². The smallest absolute Gasteiger partial charge is 0.375 e. The van der Waals surface area contributed by atoms with E-state index < -0.39 is 24.1 Å². The topological polar surface area (TPSA) is 41.3 Å². The van der Waals surface area contributed by atoms with Crippen molar-refractivity contribution in [3.8, 4) is 5.69 Å². The number of rotatable bonds is 9. The Kier molecular flexibility index (Phi) is 7.38. The van der Waals surface area contributed by atoms with Crippen LogP contribution in [-0.2, 0) is 5.60 Å². The van der Waals surface area contributed by atoms with Crippen molar-refractivity contribution in [2.75, 3.05) is 13.1 Å². The van der Waals surface area contributed by atoms with Crippen LogP contribution < -0.4 is 0 Å². The average molecular weight is 459 g/mol. The van der Waals surface area contributed by atoms with Gasteiger partial charge in [0.05, 0.1) is 23.9 Å². The molecule has 0 saturated heterocycles. The van der Waals surface area contributed by atoms with Crippen molar-refractivity contribution in [2.45, 2.75) is 25.1 Å². The molecule has 1 heterocycles. The molecule has 0 aliphatic carbocycles. The van der Waals surface area contributed by atoms with Gasteiger partial charge in [-0.3, -0.25) is 0 Å². The maximum Gasteiger partial charge on any atom is 0.423 e. The van der Waals surface area contributed by atoms with Gasteiger partial charge in [-0.1, -0.05) is 30.4 Å². The first-order valence-corrected chi connectivity index (χ1v) is 10.4. The van der Waals surface area contributed by atoms with Crippen molar-refractivity contribution in [1.29, 1.82) is 0 Å². The summed E-state index contributed by atoms with van der Waals surface area (Å²) in [7, 11) is 0. The molecule has 0 aliphatic rings. The molecule has 1 aromatic heterocycles. The van der Waals surface area contributed by atoms with Crippen LogP contribution in [0.25, 0.3) is 16.6 Å². The molecule has 8 heteroatoms. The quantitative estimate of drug-likeness (QED) is 0.321. The van der Waals surface area contributed by atoms with E-state index in [-0.39, 0.29) is 12.1 Å². The van der Waals surface area contributed by atoms with Gasteiger partial charge in [-0.25, -0.2) is 9.07 Å². The lowest BCUT2D eigenvalue weighted by molar-refractivity contribution is -0.269. The van der Waals surface area contributed by atoms with Gasteiger partial charge in [-0.15, -0.1) is 6.58 Å². The fourth-order valence-corrected chi connectivity index (χ4v) is 3.44. The van der Waals surface area contributed by atoms with Crippen LogP contribution in [0.2, 0.25) is 0 Å². The second-order valence-corrected chi connectivity index (χ2v) is 7.57. The molecule has 1 atom stereocenters. The van der Waals surface area contributed by atoms with Gasteiger partial charge in [0.1, 0.15) is 5.82 Å². The molecule has 33 heavy (non-hydrogen) atoms. The summed E-state index contributed by atoms with van der Waals surface area (Å²) < 4.78 is 57.3. The van der Waals surface area contributed by atoms with E-state index in [1.54, 1.807) is 31.2 Å². The van der Waals surface area contributed by atoms with E-state index >= 15 is 0 Å². The van der Waals surface area contributed by atoms with Crippen molar-refractivity contribution >= 4 is 10.9 Å². The van der Waals surface area contributed by atoms with E-state index in [0.717, 1.165) is 0 Å². The van der Waals surface area contributed by atoms with Crippen LogP contribution in [-0.4, -0.2) is 39.1 Å². The van der Waals surface area contributed by atoms with Gasteiger partial charge in [0.25, 0.3) is 0 Å². The monoisotopic (exact) mass is 459 g/mol. The number of benzene rings is 2. The summed E-state index contributed by atoms with van der Waals surface area (Å²) in [6.07, 6.45) is 5.28. The zero-order valence-electron chi connectivity index (χ0n) is 18.1. The maximum absolute atomic E-state index is 14.2. The molecule has 3 rings (SSSR count). The SMILES string of the molecule is C=CC/C=C\N(C/C=C\C)CC(O)(c1ccc2c(cnn2-c2ccc(F)cc2)c1)C(F)(F)F. The minimum Gasteiger partial charge on any atom is -0.375 e. The van der Waals surface area contributed by atoms with Crippen molar-refractivity contribution in [3.05, 3.63) is 97.1 Å². The Labute approximate surface area is 189 Å². The average Bonchev–Trinajstić information content (AvgIpc) is 3.20. The molecular weight excluding hydrogens is 434 g/mol. The van der Waals surface area contributed by atoms with E-state index in [1.165, 1.54) is 64.4 Å². The van der Waals surface area contributed by atoms with Crippen LogP contribution in [0, 0.1) is 5.82 Å². The number of allylic oxidation sites excluding steroid dienone is 3. The molecule has 3 aromatic rings. The summed E-state index contributed by atoms with van der Waals surface area (Å²) >= 11 is 0. The highest BCUT2D eigenvalue weighted by Crippen LogP contribution is 2.41. The predicted octanol–water partition coefficient (Wildman–Crippen LogP) is 5.88. The lowest BCUT2D eigenvalue weighted by Gasteiger charge is -2.35. The molecule has 0 bridgehead atoms. The maximum atomic E-state index is 14.2. The Balaban J connectivity index is 2.01. The number of halogens is 4. The normalized spacial score (nSPS) is 14.2. The minimum atomic E-state index is -4.92. The summed E-state index contributed by atoms with van der Waals surface area (Å²) in [5.74, 6) is -0.405. The third-order valence-corrected chi connectivity index (χ3v) is 5.21. The molecule has 4 nitrogen and oxygen atoms in total. The van der Waals surface area contributed by atoms with Crippen LogP contribution >= 0.6 is 0 Å². The summed E-state index contributed by atoms with van der Waals surface area (Å²) in [5.41, 5.74) is -2.30. The number of alkyl halides is 3. The van der Waals surface area contributed by atoms with Gasteiger partial charge in [-0.2, -0.15) is 18.3 Å². The van der Waals surface area contributed by atoms with Crippen LogP contribution in [0.4, 0.5) is 17.6 Å². The highest BCUT2D eigenvalue weighted by Gasteiger charge is 2.55. The number of hydrogen-bond donors (Lipinski definition) is 1. The second kappa shape index (κ2) is 10.0. The number of fused-ring (bicyclic) bond motifs is 1. The first-order chi connectivity index (χ1) is 15.7. The standard InChI is InChI=1S/C25H25F4N3O/c1-3-5-7-15-31(14-6-4-2)18-24(33,25(27,28)29)20-8-13-23-19(16-20)17-30-32(23)22-11-9-21(26)10-12-22/h3-4,6-13,15-17,33H,1,5,14,18H2,2H3/b6-4-,15-7-. The fourth-order valence-electron chi connectivity index (χ4n) is 3.44. The van der Waals surface area contributed by atoms with Crippen LogP contribution in [0.1, 0.15) is 18.9 Å². The molecule has 174 valence electrons. The molecule has 0 spiro atoms. The number of hydrogen-bond acceptors (Lipinski definition) is 3. The summed E-state index contributed by atoms with van der Waals surface area (Å²) in [4.78, 5) is 1.41. The fraction of sp³-hybridized carbons (Fsp3) is 0.240. The molecule has 2 aromatic carbocycles. The lowest BCUT2D eigenvalue weighted by atomic mass is 9.91.